The van der Waals surface area contributed by atoms with Gasteiger partial charge in [-0.05, 0) is 43.3 Å². The second kappa shape index (κ2) is 7.45. The van der Waals surface area contributed by atoms with E-state index in [4.69, 9.17) is 0 Å². The van der Waals surface area contributed by atoms with E-state index in [1.165, 1.54) is 18.4 Å². The molecule has 0 fully saturated rings. The summed E-state index contributed by atoms with van der Waals surface area (Å²) in [5.74, 6) is 1.46. The first kappa shape index (κ1) is 13.2. The van der Waals surface area contributed by atoms with Crippen LogP contribution in [0.25, 0.3) is 0 Å². The zero-order valence-electron chi connectivity index (χ0n) is 10.9. The van der Waals surface area contributed by atoms with E-state index in [1.54, 1.807) is 0 Å². The van der Waals surface area contributed by atoms with Crippen LogP contribution in [-0.4, -0.2) is 13.1 Å². The first-order valence-corrected chi connectivity index (χ1v) is 6.46. The van der Waals surface area contributed by atoms with Gasteiger partial charge in [0.05, 0.1) is 0 Å². The second-order valence-corrected chi connectivity index (χ2v) is 5.03. The van der Waals surface area contributed by atoms with Crippen LogP contribution in [0.15, 0.2) is 30.3 Å². The third kappa shape index (κ3) is 5.32. The van der Waals surface area contributed by atoms with Crippen molar-refractivity contribution in [1.29, 1.82) is 0 Å². The molecule has 0 aliphatic carbocycles. The summed E-state index contributed by atoms with van der Waals surface area (Å²) in [7, 11) is 0. The number of nitrogens with one attached hydrogen (secondary N) is 1. The van der Waals surface area contributed by atoms with Gasteiger partial charge in [0, 0.05) is 0 Å². The van der Waals surface area contributed by atoms with Gasteiger partial charge in [-0.3, -0.25) is 0 Å². The maximum Gasteiger partial charge on any atom is -0.00432 e. The predicted octanol–water partition coefficient (Wildman–Crippen LogP) is 3.82. The highest BCUT2D eigenvalue weighted by Gasteiger charge is 2.03. The lowest BCUT2D eigenvalue weighted by Crippen LogP contribution is -2.19. The molecule has 0 radical (unpaired) electrons. The van der Waals surface area contributed by atoms with Gasteiger partial charge in [-0.25, -0.2) is 0 Å². The van der Waals surface area contributed by atoms with Gasteiger partial charge >= 0.3 is 0 Å². The predicted molar refractivity (Wildman–Crippen MR) is 71.8 cm³/mol. The third-order valence-corrected chi connectivity index (χ3v) is 3.02. The van der Waals surface area contributed by atoms with Gasteiger partial charge < -0.3 is 5.32 Å². The zero-order valence-corrected chi connectivity index (χ0v) is 10.9. The van der Waals surface area contributed by atoms with Gasteiger partial charge in [-0.1, -0.05) is 51.1 Å². The summed E-state index contributed by atoms with van der Waals surface area (Å²) in [6.07, 6.45) is 2.50. The van der Waals surface area contributed by atoms with Crippen LogP contribution in [0.4, 0.5) is 0 Å². The fraction of sp³-hybridized carbons (Fsp3) is 0.600. The Morgan fingerprint density at radius 2 is 1.56 bits per heavy atom. The van der Waals surface area contributed by atoms with Crippen molar-refractivity contribution in [2.24, 2.45) is 5.92 Å². The largest absolute Gasteiger partial charge is 0.317 e. The van der Waals surface area contributed by atoms with Crippen molar-refractivity contribution < 1.29 is 0 Å². The second-order valence-electron chi connectivity index (χ2n) is 5.03. The Hall–Kier alpha value is -0.820. The standard InChI is InChI=1S/C15H25N/c1-13(2)9-11-16-12-10-14(3)15-7-5-4-6-8-15/h4-8,13-14,16H,9-12H2,1-3H3. The van der Waals surface area contributed by atoms with E-state index in [0.717, 1.165) is 19.0 Å². The summed E-state index contributed by atoms with van der Waals surface area (Å²) in [6.45, 7) is 9.13. The average Bonchev–Trinajstić information content (AvgIpc) is 2.29. The third-order valence-electron chi connectivity index (χ3n) is 3.02. The highest BCUT2D eigenvalue weighted by Crippen LogP contribution is 2.17. The Balaban J connectivity index is 2.14. The first-order chi connectivity index (χ1) is 7.70. The molecule has 1 rings (SSSR count). The smallest absolute Gasteiger partial charge is 0.00432 e. The maximum absolute atomic E-state index is 3.52. The molecule has 0 aliphatic rings. The van der Waals surface area contributed by atoms with Gasteiger partial charge in [0.15, 0.2) is 0 Å². The van der Waals surface area contributed by atoms with Crippen molar-refractivity contribution in [3.63, 3.8) is 0 Å². The molecule has 0 aliphatic heterocycles. The lowest BCUT2D eigenvalue weighted by Gasteiger charge is -2.12. The van der Waals surface area contributed by atoms with Crippen LogP contribution in [0.1, 0.15) is 45.1 Å². The van der Waals surface area contributed by atoms with Crippen LogP contribution in [0.3, 0.4) is 0 Å². The van der Waals surface area contributed by atoms with Gasteiger partial charge in [0.1, 0.15) is 0 Å². The lowest BCUT2D eigenvalue weighted by molar-refractivity contribution is 0.520. The van der Waals surface area contributed by atoms with Crippen molar-refractivity contribution in [3.05, 3.63) is 35.9 Å². The summed E-state index contributed by atoms with van der Waals surface area (Å²) >= 11 is 0. The maximum atomic E-state index is 3.52. The minimum absolute atomic E-state index is 0.660. The van der Waals surface area contributed by atoms with E-state index < -0.39 is 0 Å². The number of benzene rings is 1. The van der Waals surface area contributed by atoms with E-state index in [0.29, 0.717) is 5.92 Å². The summed E-state index contributed by atoms with van der Waals surface area (Å²) in [5, 5.41) is 3.52. The molecule has 1 aromatic rings. The molecule has 90 valence electrons. The van der Waals surface area contributed by atoms with Crippen LogP contribution in [0, 0.1) is 5.92 Å². The Bertz CT molecular complexity index is 266. The molecule has 1 aromatic carbocycles. The number of hydrogen-bond acceptors (Lipinski definition) is 1. The molecule has 0 spiro atoms. The molecular weight excluding hydrogens is 194 g/mol. The number of rotatable bonds is 7. The topological polar surface area (TPSA) is 12.0 Å². The van der Waals surface area contributed by atoms with E-state index >= 15 is 0 Å². The van der Waals surface area contributed by atoms with E-state index in [-0.39, 0.29) is 0 Å². The molecule has 0 bridgehead atoms. The first-order valence-electron chi connectivity index (χ1n) is 6.46. The van der Waals surface area contributed by atoms with Gasteiger partial charge in [0.25, 0.3) is 0 Å². The highest BCUT2D eigenvalue weighted by molar-refractivity contribution is 5.18. The minimum Gasteiger partial charge on any atom is -0.317 e. The van der Waals surface area contributed by atoms with Crippen molar-refractivity contribution in [1.82, 2.24) is 5.32 Å². The molecule has 0 heterocycles. The Morgan fingerprint density at radius 3 is 2.19 bits per heavy atom. The number of hydrogen-bond donors (Lipinski definition) is 1. The van der Waals surface area contributed by atoms with E-state index in [9.17, 15) is 0 Å². The molecule has 16 heavy (non-hydrogen) atoms. The van der Waals surface area contributed by atoms with E-state index in [1.807, 2.05) is 0 Å². The molecular formula is C15H25N. The molecule has 1 N–H and O–H groups in total. The van der Waals surface area contributed by atoms with Crippen LogP contribution in [-0.2, 0) is 0 Å². The Kier molecular flexibility index (Phi) is 6.17. The highest BCUT2D eigenvalue weighted by atomic mass is 14.8. The van der Waals surface area contributed by atoms with Crippen LogP contribution in [0.5, 0.6) is 0 Å². The van der Waals surface area contributed by atoms with Gasteiger partial charge in [-0.15, -0.1) is 0 Å². The summed E-state index contributed by atoms with van der Waals surface area (Å²) in [5.41, 5.74) is 1.45. The van der Waals surface area contributed by atoms with Crippen LogP contribution in [0.2, 0.25) is 0 Å². The summed E-state index contributed by atoms with van der Waals surface area (Å²) < 4.78 is 0. The molecule has 1 atom stereocenters. The molecule has 1 unspecified atom stereocenters. The molecule has 0 aromatic heterocycles. The molecule has 0 amide bonds. The quantitative estimate of drug-likeness (QED) is 0.687. The minimum atomic E-state index is 0.660. The summed E-state index contributed by atoms with van der Waals surface area (Å²) in [6, 6.07) is 10.8. The monoisotopic (exact) mass is 219 g/mol. The fourth-order valence-electron chi connectivity index (χ4n) is 1.78. The van der Waals surface area contributed by atoms with Gasteiger partial charge in [-0.2, -0.15) is 0 Å². The fourth-order valence-corrected chi connectivity index (χ4v) is 1.78. The molecule has 1 heteroatoms. The lowest BCUT2D eigenvalue weighted by atomic mass is 9.98. The average molecular weight is 219 g/mol. The van der Waals surface area contributed by atoms with Crippen molar-refractivity contribution in [2.45, 2.75) is 39.5 Å². The van der Waals surface area contributed by atoms with Crippen LogP contribution < -0.4 is 5.32 Å². The Morgan fingerprint density at radius 1 is 0.938 bits per heavy atom. The van der Waals surface area contributed by atoms with Crippen LogP contribution >= 0.6 is 0 Å². The normalized spacial score (nSPS) is 13.0. The summed E-state index contributed by atoms with van der Waals surface area (Å²) in [4.78, 5) is 0. The molecule has 0 saturated carbocycles. The van der Waals surface area contributed by atoms with Crippen molar-refractivity contribution >= 4 is 0 Å². The molecule has 1 nitrogen and oxygen atoms in total. The SMILES string of the molecule is CC(C)CCNCCC(C)c1ccccc1. The Labute approximate surface area is 100 Å². The van der Waals surface area contributed by atoms with E-state index in [2.05, 4.69) is 56.4 Å². The van der Waals surface area contributed by atoms with Crippen molar-refractivity contribution in [2.75, 3.05) is 13.1 Å². The zero-order chi connectivity index (χ0) is 11.8. The van der Waals surface area contributed by atoms with Crippen molar-refractivity contribution in [3.8, 4) is 0 Å². The molecule has 0 saturated heterocycles. The van der Waals surface area contributed by atoms with Gasteiger partial charge in [0.2, 0.25) is 0 Å².